The molecule has 100 valence electrons. The molecule has 0 spiro atoms. The van der Waals surface area contributed by atoms with Crippen molar-refractivity contribution in [3.8, 4) is 5.75 Å². The van der Waals surface area contributed by atoms with Gasteiger partial charge in [-0.15, -0.1) is 0 Å². The smallest absolute Gasteiger partial charge is 0.320 e. The van der Waals surface area contributed by atoms with Gasteiger partial charge in [0.25, 0.3) is 0 Å². The van der Waals surface area contributed by atoms with Gasteiger partial charge in [-0.1, -0.05) is 6.07 Å². The summed E-state index contributed by atoms with van der Waals surface area (Å²) in [7, 11) is 1.57. The van der Waals surface area contributed by atoms with Crippen LogP contribution in [-0.2, 0) is 4.79 Å². The molecule has 2 atom stereocenters. The van der Waals surface area contributed by atoms with Crippen LogP contribution in [0.15, 0.2) is 12.1 Å². The molecule has 0 aliphatic heterocycles. The molecule has 0 saturated heterocycles. The molecule has 0 aliphatic rings. The van der Waals surface area contributed by atoms with Crippen LogP contribution in [0, 0.1) is 13.8 Å². The highest BCUT2D eigenvalue weighted by atomic mass is 16.5. The molecule has 0 fully saturated rings. The Bertz CT molecular complexity index is 446. The van der Waals surface area contributed by atoms with E-state index in [0.29, 0.717) is 5.75 Å². The van der Waals surface area contributed by atoms with Gasteiger partial charge >= 0.3 is 5.97 Å². The number of hydrogen-bond donors (Lipinski definition) is 3. The van der Waals surface area contributed by atoms with E-state index < -0.39 is 18.1 Å². The Morgan fingerprint density at radius 2 is 1.89 bits per heavy atom. The minimum Gasteiger partial charge on any atom is -0.496 e. The number of carboxylic acid groups (broad SMARTS) is 1. The average Bonchev–Trinajstić information content (AvgIpc) is 2.31. The van der Waals surface area contributed by atoms with Gasteiger partial charge in [-0.3, -0.25) is 4.79 Å². The molecule has 0 saturated carbocycles. The zero-order valence-electron chi connectivity index (χ0n) is 10.9. The third-order valence-electron chi connectivity index (χ3n) is 3.07. The molecule has 0 heterocycles. The molecule has 0 aliphatic carbocycles. The number of hydrogen-bond acceptors (Lipinski definition) is 4. The van der Waals surface area contributed by atoms with Crippen LogP contribution in [0.3, 0.4) is 0 Å². The number of rotatable bonds is 5. The second kappa shape index (κ2) is 5.84. The molecular weight excluding hydrogens is 232 g/mol. The van der Waals surface area contributed by atoms with E-state index in [2.05, 4.69) is 0 Å². The Hall–Kier alpha value is -1.59. The third kappa shape index (κ3) is 3.21. The molecule has 0 amide bonds. The first-order valence-electron chi connectivity index (χ1n) is 5.76. The normalized spacial score (nSPS) is 14.1. The van der Waals surface area contributed by atoms with Gasteiger partial charge in [-0.05, 0) is 37.5 Å². The summed E-state index contributed by atoms with van der Waals surface area (Å²) in [5.41, 5.74) is 14.5. The number of methoxy groups -OCH3 is 1. The van der Waals surface area contributed by atoms with Crippen molar-refractivity contribution in [3.63, 3.8) is 0 Å². The van der Waals surface area contributed by atoms with Crippen molar-refractivity contribution in [2.45, 2.75) is 32.4 Å². The number of aliphatic carboxylic acids is 1. The highest BCUT2D eigenvalue weighted by Crippen LogP contribution is 2.29. The van der Waals surface area contributed by atoms with Crippen LogP contribution in [0.25, 0.3) is 0 Å². The predicted molar refractivity (Wildman–Crippen MR) is 69.6 cm³/mol. The molecule has 0 aromatic heterocycles. The number of nitrogens with two attached hydrogens (primary N) is 2. The van der Waals surface area contributed by atoms with Crippen molar-refractivity contribution in [3.05, 3.63) is 28.8 Å². The van der Waals surface area contributed by atoms with Crippen molar-refractivity contribution >= 4 is 5.97 Å². The highest BCUT2D eigenvalue weighted by Gasteiger charge is 2.20. The maximum Gasteiger partial charge on any atom is 0.320 e. The Labute approximate surface area is 107 Å². The van der Waals surface area contributed by atoms with E-state index >= 15 is 0 Å². The molecule has 5 N–H and O–H groups in total. The van der Waals surface area contributed by atoms with Gasteiger partial charge in [-0.25, -0.2) is 0 Å². The Kier molecular flexibility index (Phi) is 4.69. The van der Waals surface area contributed by atoms with Gasteiger partial charge < -0.3 is 21.3 Å². The Balaban J connectivity index is 3.01. The third-order valence-corrected chi connectivity index (χ3v) is 3.07. The predicted octanol–water partition coefficient (Wildman–Crippen LogP) is 1.11. The molecule has 1 aromatic carbocycles. The lowest BCUT2D eigenvalue weighted by molar-refractivity contribution is -0.138. The zero-order valence-corrected chi connectivity index (χ0v) is 10.9. The number of benzene rings is 1. The lowest BCUT2D eigenvalue weighted by Crippen LogP contribution is -2.33. The van der Waals surface area contributed by atoms with Crippen LogP contribution in [0.5, 0.6) is 5.75 Å². The lowest BCUT2D eigenvalue weighted by atomic mass is 9.96. The number of aryl methyl sites for hydroxylation is 2. The van der Waals surface area contributed by atoms with E-state index in [1.807, 2.05) is 26.0 Å². The first kappa shape index (κ1) is 14.5. The molecular formula is C13H20N2O3. The second-order valence-corrected chi connectivity index (χ2v) is 4.47. The molecule has 5 nitrogen and oxygen atoms in total. The molecule has 18 heavy (non-hydrogen) atoms. The van der Waals surface area contributed by atoms with E-state index in [9.17, 15) is 4.79 Å². The van der Waals surface area contributed by atoms with Crippen molar-refractivity contribution in [2.24, 2.45) is 11.5 Å². The summed E-state index contributed by atoms with van der Waals surface area (Å²) in [6, 6.07) is 2.40. The monoisotopic (exact) mass is 252 g/mol. The van der Waals surface area contributed by atoms with Gasteiger partial charge in [0.15, 0.2) is 0 Å². The van der Waals surface area contributed by atoms with Crippen LogP contribution >= 0.6 is 0 Å². The van der Waals surface area contributed by atoms with Gasteiger partial charge in [0.05, 0.1) is 7.11 Å². The van der Waals surface area contributed by atoms with Gasteiger partial charge in [0, 0.05) is 11.6 Å². The summed E-state index contributed by atoms with van der Waals surface area (Å²) < 4.78 is 5.28. The van der Waals surface area contributed by atoms with Crippen LogP contribution in [0.4, 0.5) is 0 Å². The molecule has 0 radical (unpaired) electrons. The summed E-state index contributed by atoms with van der Waals surface area (Å²) in [5, 5.41) is 8.79. The summed E-state index contributed by atoms with van der Waals surface area (Å²) >= 11 is 0. The standard InChI is InChI=1S/C13H20N2O3/c1-7-4-9(12(18-3)5-8(7)2)10(14)6-11(15)13(16)17/h4-5,10-11H,6,14-15H2,1-3H3,(H,16,17). The summed E-state index contributed by atoms with van der Waals surface area (Å²) in [5.74, 6) is -0.378. The molecule has 5 heteroatoms. The summed E-state index contributed by atoms with van der Waals surface area (Å²) in [6.45, 7) is 3.96. The van der Waals surface area contributed by atoms with Crippen LogP contribution in [0.2, 0.25) is 0 Å². The topological polar surface area (TPSA) is 98.6 Å². The van der Waals surface area contributed by atoms with Crippen molar-refractivity contribution in [1.29, 1.82) is 0 Å². The van der Waals surface area contributed by atoms with Crippen LogP contribution < -0.4 is 16.2 Å². The minimum absolute atomic E-state index is 0.175. The Morgan fingerprint density at radius 1 is 1.33 bits per heavy atom. The average molecular weight is 252 g/mol. The quantitative estimate of drug-likeness (QED) is 0.729. The van der Waals surface area contributed by atoms with Gasteiger partial charge in [-0.2, -0.15) is 0 Å². The Morgan fingerprint density at radius 3 is 2.39 bits per heavy atom. The van der Waals surface area contributed by atoms with Crippen molar-refractivity contribution < 1.29 is 14.6 Å². The van der Waals surface area contributed by atoms with E-state index in [1.54, 1.807) is 7.11 Å². The first-order chi connectivity index (χ1) is 8.36. The number of carbonyl (C=O) groups is 1. The fraction of sp³-hybridized carbons (Fsp3) is 0.462. The van der Waals surface area contributed by atoms with E-state index in [1.165, 1.54) is 0 Å². The van der Waals surface area contributed by atoms with Crippen LogP contribution in [0.1, 0.15) is 29.2 Å². The molecule has 1 aromatic rings. The van der Waals surface area contributed by atoms with E-state index in [0.717, 1.165) is 16.7 Å². The highest BCUT2D eigenvalue weighted by molar-refractivity contribution is 5.73. The zero-order chi connectivity index (χ0) is 13.9. The summed E-state index contributed by atoms with van der Waals surface area (Å²) in [4.78, 5) is 10.7. The SMILES string of the molecule is COc1cc(C)c(C)cc1C(N)CC(N)C(=O)O. The van der Waals surface area contributed by atoms with E-state index in [-0.39, 0.29) is 6.42 Å². The van der Waals surface area contributed by atoms with E-state index in [4.69, 9.17) is 21.3 Å². The van der Waals surface area contributed by atoms with Crippen molar-refractivity contribution in [1.82, 2.24) is 0 Å². The second-order valence-electron chi connectivity index (χ2n) is 4.47. The molecule has 1 rings (SSSR count). The maximum atomic E-state index is 10.7. The van der Waals surface area contributed by atoms with Gasteiger partial charge in [0.1, 0.15) is 11.8 Å². The van der Waals surface area contributed by atoms with Crippen molar-refractivity contribution in [2.75, 3.05) is 7.11 Å². The largest absolute Gasteiger partial charge is 0.496 e. The van der Waals surface area contributed by atoms with Crippen LogP contribution in [-0.4, -0.2) is 24.2 Å². The molecule has 0 bridgehead atoms. The number of ether oxygens (including phenoxy) is 1. The number of carboxylic acids is 1. The first-order valence-corrected chi connectivity index (χ1v) is 5.76. The fourth-order valence-corrected chi connectivity index (χ4v) is 1.78. The lowest BCUT2D eigenvalue weighted by Gasteiger charge is -2.19. The van der Waals surface area contributed by atoms with Gasteiger partial charge in [0.2, 0.25) is 0 Å². The summed E-state index contributed by atoms with van der Waals surface area (Å²) in [6.07, 6.45) is 0.175. The maximum absolute atomic E-state index is 10.7. The fourth-order valence-electron chi connectivity index (χ4n) is 1.78. The molecule has 2 unspecified atom stereocenters. The minimum atomic E-state index is -1.05.